The molecule has 1 aliphatic rings. The Hall–Kier alpha value is -3.60. The highest BCUT2D eigenvalue weighted by Crippen LogP contribution is 2.38. The molecule has 6 aromatic rings. The molecule has 176 valence electrons. The molecule has 7 rings (SSSR count). The minimum absolute atomic E-state index is 0.359. The normalized spacial score (nSPS) is 17.1. The molecule has 0 spiro atoms. The Balaban J connectivity index is 1.34. The van der Waals surface area contributed by atoms with Crippen molar-refractivity contribution in [3.05, 3.63) is 91.0 Å². The van der Waals surface area contributed by atoms with Gasteiger partial charge in [0, 0.05) is 10.8 Å². The van der Waals surface area contributed by atoms with Gasteiger partial charge < -0.3 is 13.7 Å². The Morgan fingerprint density at radius 3 is 2.03 bits per heavy atom. The van der Waals surface area contributed by atoms with Crippen molar-refractivity contribution in [2.75, 3.05) is 0 Å². The van der Waals surface area contributed by atoms with Gasteiger partial charge in [0.1, 0.15) is 11.2 Å². The fourth-order valence-corrected chi connectivity index (χ4v) is 5.31. The topological polar surface area (TPSA) is 31.6 Å². The van der Waals surface area contributed by atoms with E-state index < -0.39 is 0 Å². The molecule has 1 aliphatic heterocycles. The zero-order chi connectivity index (χ0) is 24.7. The lowest BCUT2D eigenvalue weighted by Gasteiger charge is -2.32. The average Bonchev–Trinajstić information content (AvgIpc) is 3.33. The van der Waals surface area contributed by atoms with Crippen molar-refractivity contribution in [2.45, 2.75) is 38.9 Å². The van der Waals surface area contributed by atoms with Gasteiger partial charge in [0.2, 0.25) is 0 Å². The molecular weight excluding hydrogens is 443 g/mol. The summed E-state index contributed by atoms with van der Waals surface area (Å²) in [7, 11) is -0.369. The first-order chi connectivity index (χ1) is 17.3. The lowest BCUT2D eigenvalue weighted by Crippen LogP contribution is -2.41. The number of rotatable bonds is 2. The van der Waals surface area contributed by atoms with Crippen LogP contribution in [-0.2, 0) is 9.31 Å². The molecule has 5 aromatic carbocycles. The van der Waals surface area contributed by atoms with Gasteiger partial charge >= 0.3 is 7.12 Å². The molecule has 4 heteroatoms. The van der Waals surface area contributed by atoms with E-state index >= 15 is 0 Å². The van der Waals surface area contributed by atoms with Crippen molar-refractivity contribution in [1.29, 1.82) is 0 Å². The molecular formula is C32H27BO3. The minimum Gasteiger partial charge on any atom is -0.456 e. The molecule has 0 atom stereocenters. The molecule has 0 amide bonds. The maximum Gasteiger partial charge on any atom is 0.494 e. The summed E-state index contributed by atoms with van der Waals surface area (Å²) in [6.07, 6.45) is 0. The standard InChI is InChI=1S/C32H27BO3/c1-31(2)32(3,4)36-33(35-31)24-13-14-26-22(16-24)10-7-11-25(26)23-12-15-29-27(18-23)28-17-20-8-5-6-9-21(20)19-30(28)34-29/h5-19H,1-4H3. The van der Waals surface area contributed by atoms with E-state index in [4.69, 9.17) is 13.7 Å². The molecule has 2 heterocycles. The van der Waals surface area contributed by atoms with Crippen LogP contribution >= 0.6 is 0 Å². The van der Waals surface area contributed by atoms with Crippen LogP contribution in [-0.4, -0.2) is 18.3 Å². The fourth-order valence-electron chi connectivity index (χ4n) is 5.31. The highest BCUT2D eigenvalue weighted by Gasteiger charge is 2.51. The zero-order valence-electron chi connectivity index (χ0n) is 21.0. The second-order valence-corrected chi connectivity index (χ2v) is 10.9. The second-order valence-electron chi connectivity index (χ2n) is 10.9. The molecule has 0 N–H and O–H groups in total. The van der Waals surface area contributed by atoms with Gasteiger partial charge in [-0.05, 0) is 90.1 Å². The van der Waals surface area contributed by atoms with Gasteiger partial charge in [0.25, 0.3) is 0 Å². The van der Waals surface area contributed by atoms with E-state index in [9.17, 15) is 0 Å². The third-order valence-corrected chi connectivity index (χ3v) is 8.08. The van der Waals surface area contributed by atoms with Crippen LogP contribution in [0.25, 0.3) is 54.6 Å². The Kier molecular flexibility index (Phi) is 4.49. The Labute approximate surface area is 210 Å². The highest BCUT2D eigenvalue weighted by atomic mass is 16.7. The summed E-state index contributed by atoms with van der Waals surface area (Å²) in [5.41, 5.74) is 4.53. The van der Waals surface area contributed by atoms with Gasteiger partial charge in [0.05, 0.1) is 11.2 Å². The highest BCUT2D eigenvalue weighted by molar-refractivity contribution is 6.62. The van der Waals surface area contributed by atoms with E-state index in [0.29, 0.717) is 0 Å². The number of hydrogen-bond acceptors (Lipinski definition) is 3. The van der Waals surface area contributed by atoms with E-state index in [1.54, 1.807) is 0 Å². The third kappa shape index (κ3) is 3.22. The Morgan fingerprint density at radius 2 is 1.25 bits per heavy atom. The third-order valence-electron chi connectivity index (χ3n) is 8.08. The number of furan rings is 1. The van der Waals surface area contributed by atoms with Crippen LogP contribution in [0.4, 0.5) is 0 Å². The molecule has 0 saturated carbocycles. The molecule has 36 heavy (non-hydrogen) atoms. The Morgan fingerprint density at radius 1 is 0.556 bits per heavy atom. The van der Waals surface area contributed by atoms with Crippen molar-refractivity contribution in [3.63, 3.8) is 0 Å². The predicted molar refractivity (Wildman–Crippen MR) is 150 cm³/mol. The van der Waals surface area contributed by atoms with Crippen LogP contribution in [0.2, 0.25) is 0 Å². The monoisotopic (exact) mass is 470 g/mol. The molecule has 0 aliphatic carbocycles. The van der Waals surface area contributed by atoms with Gasteiger partial charge in [-0.2, -0.15) is 0 Å². The van der Waals surface area contributed by atoms with E-state index in [1.807, 2.05) is 0 Å². The summed E-state index contributed by atoms with van der Waals surface area (Å²) in [5, 5.41) is 7.07. The fraction of sp³-hybridized carbons (Fsp3) is 0.188. The van der Waals surface area contributed by atoms with Gasteiger partial charge in [-0.15, -0.1) is 0 Å². The van der Waals surface area contributed by atoms with Crippen LogP contribution in [0.5, 0.6) is 0 Å². The summed E-state index contributed by atoms with van der Waals surface area (Å²) >= 11 is 0. The van der Waals surface area contributed by atoms with Crippen LogP contribution in [0.1, 0.15) is 27.7 Å². The van der Waals surface area contributed by atoms with Crippen LogP contribution in [0, 0.1) is 0 Å². The smallest absolute Gasteiger partial charge is 0.456 e. The summed E-state index contributed by atoms with van der Waals surface area (Å²) in [4.78, 5) is 0. The summed E-state index contributed by atoms with van der Waals surface area (Å²) in [5.74, 6) is 0. The first-order valence-electron chi connectivity index (χ1n) is 12.5. The summed E-state index contributed by atoms with van der Waals surface area (Å²) in [6, 6.07) is 32.3. The zero-order valence-corrected chi connectivity index (χ0v) is 21.0. The van der Waals surface area contributed by atoms with Crippen LogP contribution < -0.4 is 5.46 Å². The molecule has 3 nitrogen and oxygen atoms in total. The largest absolute Gasteiger partial charge is 0.494 e. The predicted octanol–water partition coefficient (Wildman–Crippen LogP) is 7.86. The van der Waals surface area contributed by atoms with Crippen molar-refractivity contribution in [2.24, 2.45) is 0 Å². The maximum atomic E-state index is 6.29. The molecule has 0 bridgehead atoms. The van der Waals surface area contributed by atoms with E-state index in [-0.39, 0.29) is 18.3 Å². The minimum atomic E-state index is -0.369. The first-order valence-corrected chi connectivity index (χ1v) is 12.5. The van der Waals surface area contributed by atoms with Gasteiger partial charge in [-0.25, -0.2) is 0 Å². The number of hydrogen-bond donors (Lipinski definition) is 0. The van der Waals surface area contributed by atoms with E-state index in [2.05, 4.69) is 119 Å². The van der Waals surface area contributed by atoms with Gasteiger partial charge in [0.15, 0.2) is 0 Å². The molecule has 1 aromatic heterocycles. The molecule has 0 unspecified atom stereocenters. The lowest BCUT2D eigenvalue weighted by atomic mass is 9.78. The van der Waals surface area contributed by atoms with Crippen molar-refractivity contribution in [3.8, 4) is 11.1 Å². The molecule has 1 fully saturated rings. The van der Waals surface area contributed by atoms with Crippen molar-refractivity contribution >= 4 is 56.1 Å². The summed E-state index contributed by atoms with van der Waals surface area (Å²) in [6.45, 7) is 8.35. The quantitative estimate of drug-likeness (QED) is 0.242. The summed E-state index contributed by atoms with van der Waals surface area (Å²) < 4.78 is 18.8. The Bertz CT molecular complexity index is 1800. The SMILES string of the molecule is CC1(C)OB(c2ccc3c(-c4ccc5oc6cc7ccccc7cc6c5c4)cccc3c2)OC1(C)C. The van der Waals surface area contributed by atoms with E-state index in [0.717, 1.165) is 27.4 Å². The van der Waals surface area contributed by atoms with Gasteiger partial charge in [-0.1, -0.05) is 66.7 Å². The number of fused-ring (bicyclic) bond motifs is 5. The van der Waals surface area contributed by atoms with Crippen LogP contribution in [0.15, 0.2) is 95.4 Å². The van der Waals surface area contributed by atoms with Crippen molar-refractivity contribution < 1.29 is 13.7 Å². The van der Waals surface area contributed by atoms with Crippen LogP contribution in [0.3, 0.4) is 0 Å². The van der Waals surface area contributed by atoms with E-state index in [1.165, 1.54) is 32.7 Å². The number of benzene rings is 5. The van der Waals surface area contributed by atoms with Crippen molar-refractivity contribution in [1.82, 2.24) is 0 Å². The van der Waals surface area contributed by atoms with Gasteiger partial charge in [-0.3, -0.25) is 0 Å². The first kappa shape index (κ1) is 21.7. The second kappa shape index (κ2) is 7.46. The molecule has 0 radical (unpaired) electrons. The lowest BCUT2D eigenvalue weighted by molar-refractivity contribution is 0.00578. The maximum absolute atomic E-state index is 6.29. The molecule has 1 saturated heterocycles. The average molecular weight is 470 g/mol.